The Bertz CT molecular complexity index is 1380. The molecule has 0 saturated carbocycles. The largest absolute Gasteiger partial charge is 0.494 e. The van der Waals surface area contributed by atoms with Gasteiger partial charge in [0, 0.05) is 24.3 Å². The Balaban J connectivity index is 1.63. The Morgan fingerprint density at radius 1 is 0.956 bits per heavy atom. The van der Waals surface area contributed by atoms with Crippen molar-refractivity contribution in [1.29, 1.82) is 0 Å². The fourth-order valence-corrected chi connectivity index (χ4v) is 8.50. The molecule has 2 fully saturated rings. The van der Waals surface area contributed by atoms with Gasteiger partial charge in [0.25, 0.3) is 0 Å². The number of hydrogen-bond acceptors (Lipinski definition) is 6. The van der Waals surface area contributed by atoms with Crippen molar-refractivity contribution in [2.45, 2.75) is 97.6 Å². The Labute approximate surface area is 268 Å². The van der Waals surface area contributed by atoms with E-state index in [2.05, 4.69) is 34.6 Å². The molecule has 0 aliphatic carbocycles. The van der Waals surface area contributed by atoms with E-state index >= 15 is 0 Å². The lowest BCUT2D eigenvalue weighted by molar-refractivity contribution is -0.159. The molecule has 5 rings (SSSR count). The molecule has 9 heteroatoms. The molecule has 1 N–H and O–H groups in total. The first-order valence-electron chi connectivity index (χ1n) is 16.4. The predicted molar refractivity (Wildman–Crippen MR) is 174 cm³/mol. The van der Waals surface area contributed by atoms with Gasteiger partial charge in [-0.05, 0) is 69.7 Å². The average Bonchev–Trinajstić information content (AvgIpc) is 3.19. The van der Waals surface area contributed by atoms with Crippen LogP contribution in [0.3, 0.4) is 0 Å². The third-order valence-corrected chi connectivity index (χ3v) is 9.96. The minimum absolute atomic E-state index is 0.0527. The van der Waals surface area contributed by atoms with Gasteiger partial charge in [-0.15, -0.1) is 0 Å². The summed E-state index contributed by atoms with van der Waals surface area (Å²) in [5, 5.41) is 10.6. The summed E-state index contributed by atoms with van der Waals surface area (Å²) in [5.74, 6) is -2.05. The first kappa shape index (κ1) is 33.2. The van der Waals surface area contributed by atoms with E-state index in [1.54, 1.807) is 9.80 Å². The normalized spacial score (nSPS) is 30.8. The van der Waals surface area contributed by atoms with Gasteiger partial charge in [0.2, 0.25) is 17.7 Å². The summed E-state index contributed by atoms with van der Waals surface area (Å²) in [7, 11) is 0. The number of rotatable bonds is 8. The molecule has 0 bridgehead atoms. The quantitative estimate of drug-likeness (QED) is 0.427. The number of likely N-dealkylation sites (tertiary alicyclic amines) is 1. The van der Waals surface area contributed by atoms with E-state index < -0.39 is 40.7 Å². The zero-order valence-corrected chi connectivity index (χ0v) is 28.4. The molecule has 1 aromatic rings. The molecular weight excluding hydrogens is 570 g/mol. The van der Waals surface area contributed by atoms with Crippen molar-refractivity contribution in [2.24, 2.45) is 23.2 Å². The first-order valence-corrected chi connectivity index (χ1v) is 16.4. The third-order valence-electron chi connectivity index (χ3n) is 9.96. The molecule has 4 aliphatic rings. The lowest BCUT2D eigenvalue weighted by Crippen LogP contribution is -2.62. The molecule has 0 radical (unpaired) electrons. The maximum Gasteiger partial charge on any atom is 0.249 e. The number of benzene rings is 1. The monoisotopic (exact) mass is 621 g/mol. The molecule has 0 aromatic heterocycles. The lowest BCUT2D eigenvalue weighted by atomic mass is 9.74. The van der Waals surface area contributed by atoms with Crippen LogP contribution in [-0.2, 0) is 19.1 Å². The smallest absolute Gasteiger partial charge is 0.249 e. The van der Waals surface area contributed by atoms with Gasteiger partial charge in [0.15, 0.2) is 0 Å². The van der Waals surface area contributed by atoms with Crippen LogP contribution in [0.2, 0.25) is 0 Å². The lowest BCUT2D eigenvalue weighted by Gasteiger charge is -2.46. The molecule has 9 nitrogen and oxygen atoms in total. The number of amides is 3. The Morgan fingerprint density at radius 3 is 2.18 bits per heavy atom. The topological polar surface area (TPSA) is 99.6 Å². The van der Waals surface area contributed by atoms with E-state index in [9.17, 15) is 19.5 Å². The zero-order valence-electron chi connectivity index (χ0n) is 28.4. The van der Waals surface area contributed by atoms with Crippen LogP contribution in [0.4, 0.5) is 5.69 Å². The number of carbonyl (C=O) groups is 3. The number of aliphatic hydroxyl groups excluding tert-OH is 1. The Kier molecular flexibility index (Phi) is 8.53. The van der Waals surface area contributed by atoms with Crippen molar-refractivity contribution in [3.8, 4) is 5.75 Å². The van der Waals surface area contributed by atoms with Gasteiger partial charge in [-0.25, -0.2) is 0 Å². The molecule has 4 aliphatic heterocycles. The molecule has 6 atom stereocenters. The van der Waals surface area contributed by atoms with Gasteiger partial charge < -0.3 is 29.3 Å². The molecule has 3 amide bonds. The van der Waals surface area contributed by atoms with E-state index in [-0.39, 0.29) is 35.7 Å². The summed E-state index contributed by atoms with van der Waals surface area (Å²) < 4.78 is 12.6. The SMILES string of the molecule is CCOc1ccc(N2CC=C[C@]3(C)O[C@]45C=CCN(C(C)(C)CC(C)(C)C)C(=O)C4N([C@@H](CO)C(C)C)C(=O)[C@@H]5[C@@H]3C2=O)cc1. The first-order chi connectivity index (χ1) is 21.0. The van der Waals surface area contributed by atoms with E-state index in [1.165, 1.54) is 0 Å². The maximum absolute atomic E-state index is 14.9. The molecule has 246 valence electrons. The predicted octanol–water partition coefficient (Wildman–Crippen LogP) is 4.59. The summed E-state index contributed by atoms with van der Waals surface area (Å²) in [6.45, 7) is 19.1. The number of ether oxygens (including phenoxy) is 2. The van der Waals surface area contributed by atoms with Crippen molar-refractivity contribution in [1.82, 2.24) is 9.80 Å². The summed E-state index contributed by atoms with van der Waals surface area (Å²) in [5.41, 5.74) is -2.41. The molecule has 1 spiro atoms. The van der Waals surface area contributed by atoms with Gasteiger partial charge in [-0.1, -0.05) is 58.9 Å². The number of fused-ring (bicyclic) bond motifs is 2. The third kappa shape index (κ3) is 5.50. The summed E-state index contributed by atoms with van der Waals surface area (Å²) in [6, 6.07) is 5.71. The number of hydrogen-bond donors (Lipinski definition) is 1. The summed E-state index contributed by atoms with van der Waals surface area (Å²) in [6.07, 6.45) is 8.35. The maximum atomic E-state index is 14.9. The van der Waals surface area contributed by atoms with Gasteiger partial charge >= 0.3 is 0 Å². The van der Waals surface area contributed by atoms with Crippen molar-refractivity contribution in [2.75, 3.05) is 31.2 Å². The highest BCUT2D eigenvalue weighted by Crippen LogP contribution is 2.58. The van der Waals surface area contributed by atoms with E-state index in [1.807, 2.05) is 81.2 Å². The van der Waals surface area contributed by atoms with Crippen LogP contribution in [0.25, 0.3) is 0 Å². The molecule has 2 saturated heterocycles. The van der Waals surface area contributed by atoms with Crippen molar-refractivity contribution < 1.29 is 29.0 Å². The standard InChI is InChI=1S/C36H51N3O6/c1-10-44-25-15-13-24(14-16-25)37-19-11-17-35(9)27(30(37)41)28-31(42)39(26(21-40)23(2)3)29-32(43)38(20-12-18-36(28,29)45-35)34(7,8)22-33(4,5)6/h11-18,23,26-29,40H,10,19-22H2,1-9H3/t26-,27+,28-,29?,35-,36-/m0/s1. The second kappa shape index (κ2) is 11.6. The van der Waals surface area contributed by atoms with Gasteiger partial charge in [0.05, 0.1) is 36.7 Å². The van der Waals surface area contributed by atoms with E-state index in [0.717, 1.165) is 6.42 Å². The number of carbonyl (C=O) groups excluding carboxylic acids is 3. The second-order valence-electron chi connectivity index (χ2n) is 15.4. The van der Waals surface area contributed by atoms with Crippen LogP contribution >= 0.6 is 0 Å². The number of anilines is 1. The van der Waals surface area contributed by atoms with Crippen LogP contribution in [-0.4, -0.2) is 87.8 Å². The highest BCUT2D eigenvalue weighted by Gasteiger charge is 2.75. The minimum atomic E-state index is -1.38. The number of nitrogens with zero attached hydrogens (tertiary/aromatic N) is 3. The van der Waals surface area contributed by atoms with Crippen LogP contribution in [0.15, 0.2) is 48.6 Å². The molecule has 1 aromatic carbocycles. The van der Waals surface area contributed by atoms with Crippen LogP contribution < -0.4 is 9.64 Å². The molecular formula is C36H51N3O6. The van der Waals surface area contributed by atoms with Crippen molar-refractivity contribution >= 4 is 23.4 Å². The van der Waals surface area contributed by atoms with Gasteiger partial charge in [0.1, 0.15) is 17.4 Å². The fourth-order valence-electron chi connectivity index (χ4n) is 8.50. The van der Waals surface area contributed by atoms with Crippen LogP contribution in [0.1, 0.15) is 68.7 Å². The molecule has 4 heterocycles. The Hall–Kier alpha value is -3.17. The second-order valence-corrected chi connectivity index (χ2v) is 15.4. The van der Waals surface area contributed by atoms with Crippen molar-refractivity contribution in [3.63, 3.8) is 0 Å². The Morgan fingerprint density at radius 2 is 1.60 bits per heavy atom. The highest BCUT2D eigenvalue weighted by atomic mass is 16.5. The summed E-state index contributed by atoms with van der Waals surface area (Å²) >= 11 is 0. The van der Waals surface area contributed by atoms with Gasteiger partial charge in [-0.3, -0.25) is 14.4 Å². The summed E-state index contributed by atoms with van der Waals surface area (Å²) in [4.78, 5) is 49.5. The average molecular weight is 622 g/mol. The highest BCUT2D eigenvalue weighted by molar-refractivity contribution is 6.04. The van der Waals surface area contributed by atoms with Crippen LogP contribution in [0, 0.1) is 23.2 Å². The van der Waals surface area contributed by atoms with E-state index in [4.69, 9.17) is 9.47 Å². The fraction of sp³-hybridized carbons (Fsp3) is 0.639. The molecule has 1 unspecified atom stereocenters. The van der Waals surface area contributed by atoms with Gasteiger partial charge in [-0.2, -0.15) is 0 Å². The minimum Gasteiger partial charge on any atom is -0.494 e. The molecule has 45 heavy (non-hydrogen) atoms. The van der Waals surface area contributed by atoms with Crippen LogP contribution in [0.5, 0.6) is 5.75 Å². The number of aliphatic hydroxyl groups is 1. The van der Waals surface area contributed by atoms with Crippen molar-refractivity contribution in [3.05, 3.63) is 48.6 Å². The zero-order chi connectivity index (χ0) is 33.1. The van der Waals surface area contributed by atoms with E-state index in [0.29, 0.717) is 31.1 Å².